The standard InChI is InChI=1S/C14H22O6.C12H20O4/c1-6-13(2,3)11(16)20-14(4,5)12(17)19-9-7-8-18-10(9)15;1-5-11(2,3)10(14)16-12(4)6-7-15-9(13)8-12/h9H,6-8H2,1-5H3;5-8H2,1-4H3. The Kier molecular flexibility index (Phi) is 10.5. The summed E-state index contributed by atoms with van der Waals surface area (Å²) in [5.41, 5.74) is -3.31. The SMILES string of the molecule is CCC(C)(C)C(=O)OC(C)(C)C(=O)OC1CCOC1=O.CCC(C)(C)C(=O)OC1(C)CCOC(=O)C1. The second-order valence-electron chi connectivity index (χ2n) is 11.2. The first-order chi connectivity index (χ1) is 16.4. The zero-order valence-corrected chi connectivity index (χ0v) is 23.1. The minimum absolute atomic E-state index is 0.151. The van der Waals surface area contributed by atoms with Gasteiger partial charge in [-0.3, -0.25) is 14.4 Å². The van der Waals surface area contributed by atoms with Gasteiger partial charge in [-0.05, 0) is 61.3 Å². The molecule has 2 heterocycles. The van der Waals surface area contributed by atoms with E-state index < -0.39 is 46.0 Å². The van der Waals surface area contributed by atoms with Crippen LogP contribution in [0.2, 0.25) is 0 Å². The fourth-order valence-corrected chi connectivity index (χ4v) is 2.83. The molecule has 2 atom stereocenters. The lowest BCUT2D eigenvalue weighted by Gasteiger charge is -2.35. The van der Waals surface area contributed by atoms with E-state index >= 15 is 0 Å². The highest BCUT2D eigenvalue weighted by Gasteiger charge is 2.42. The van der Waals surface area contributed by atoms with Gasteiger partial charge in [0.05, 0.1) is 30.5 Å². The third-order valence-electron chi connectivity index (χ3n) is 6.60. The van der Waals surface area contributed by atoms with Crippen LogP contribution < -0.4 is 0 Å². The maximum Gasteiger partial charge on any atom is 0.350 e. The molecule has 2 fully saturated rings. The second-order valence-corrected chi connectivity index (χ2v) is 11.2. The third-order valence-corrected chi connectivity index (χ3v) is 6.60. The van der Waals surface area contributed by atoms with E-state index in [0.717, 1.165) is 0 Å². The van der Waals surface area contributed by atoms with Crippen LogP contribution in [0.25, 0.3) is 0 Å². The molecule has 0 amide bonds. The summed E-state index contributed by atoms with van der Waals surface area (Å²) in [4.78, 5) is 58.3. The maximum absolute atomic E-state index is 12.0. The van der Waals surface area contributed by atoms with E-state index in [1.807, 2.05) is 27.7 Å². The van der Waals surface area contributed by atoms with Crippen LogP contribution in [0, 0.1) is 10.8 Å². The predicted octanol–water partition coefficient (Wildman–Crippen LogP) is 3.66. The summed E-state index contributed by atoms with van der Waals surface area (Å²) >= 11 is 0. The molecule has 2 aliphatic heterocycles. The first-order valence-electron chi connectivity index (χ1n) is 12.4. The average Bonchev–Trinajstić information content (AvgIpc) is 3.17. The summed E-state index contributed by atoms with van der Waals surface area (Å²) in [6.07, 6.45) is 1.45. The maximum atomic E-state index is 12.0. The van der Waals surface area contributed by atoms with Crippen LogP contribution >= 0.6 is 0 Å². The highest BCUT2D eigenvalue weighted by Crippen LogP contribution is 2.30. The molecule has 0 aromatic rings. The first kappa shape index (κ1) is 31.4. The molecule has 2 saturated heterocycles. The zero-order chi connectivity index (χ0) is 27.9. The molecular formula is C26H42O10. The van der Waals surface area contributed by atoms with Crippen LogP contribution in [0.4, 0.5) is 0 Å². The average molecular weight is 515 g/mol. The van der Waals surface area contributed by atoms with Gasteiger partial charge in [0.15, 0.2) is 0 Å². The van der Waals surface area contributed by atoms with Crippen LogP contribution in [0.5, 0.6) is 0 Å². The number of rotatable bonds is 8. The van der Waals surface area contributed by atoms with Crippen molar-refractivity contribution < 1.29 is 47.7 Å². The van der Waals surface area contributed by atoms with Crippen LogP contribution in [0.1, 0.15) is 94.4 Å². The van der Waals surface area contributed by atoms with Crippen molar-refractivity contribution in [2.45, 2.75) is 112 Å². The normalized spacial score (nSPS) is 22.4. The van der Waals surface area contributed by atoms with Crippen molar-refractivity contribution in [1.82, 2.24) is 0 Å². The van der Waals surface area contributed by atoms with E-state index in [9.17, 15) is 24.0 Å². The van der Waals surface area contributed by atoms with Gasteiger partial charge in [0.2, 0.25) is 11.7 Å². The number of carbonyl (C=O) groups excluding carboxylic acids is 5. The number of esters is 5. The van der Waals surface area contributed by atoms with Crippen molar-refractivity contribution in [3.63, 3.8) is 0 Å². The van der Waals surface area contributed by atoms with E-state index in [-0.39, 0.29) is 25.0 Å². The molecule has 0 saturated carbocycles. The number of cyclic esters (lactones) is 2. The quantitative estimate of drug-likeness (QED) is 0.349. The van der Waals surface area contributed by atoms with Crippen molar-refractivity contribution in [1.29, 1.82) is 0 Å². The minimum atomic E-state index is -1.44. The Hall–Kier alpha value is -2.65. The number of hydrogen-bond acceptors (Lipinski definition) is 10. The monoisotopic (exact) mass is 514 g/mol. The summed E-state index contributed by atoms with van der Waals surface area (Å²) in [7, 11) is 0. The molecule has 0 radical (unpaired) electrons. The largest absolute Gasteiger partial charge is 0.465 e. The molecule has 10 nitrogen and oxygen atoms in total. The Morgan fingerprint density at radius 3 is 1.92 bits per heavy atom. The smallest absolute Gasteiger partial charge is 0.350 e. The molecule has 0 spiro atoms. The molecule has 36 heavy (non-hydrogen) atoms. The Bertz CT molecular complexity index is 842. The van der Waals surface area contributed by atoms with E-state index in [0.29, 0.717) is 32.3 Å². The summed E-state index contributed by atoms with van der Waals surface area (Å²) in [5.74, 6) is -2.32. The molecule has 0 aliphatic carbocycles. The molecule has 2 aliphatic rings. The van der Waals surface area contributed by atoms with E-state index in [1.165, 1.54) is 13.8 Å². The van der Waals surface area contributed by atoms with Gasteiger partial charge in [0, 0.05) is 12.8 Å². The van der Waals surface area contributed by atoms with Crippen molar-refractivity contribution >= 4 is 29.8 Å². The minimum Gasteiger partial charge on any atom is -0.465 e. The van der Waals surface area contributed by atoms with Gasteiger partial charge in [-0.2, -0.15) is 0 Å². The fraction of sp³-hybridized carbons (Fsp3) is 0.808. The summed E-state index contributed by atoms with van der Waals surface area (Å²) in [5, 5.41) is 0. The van der Waals surface area contributed by atoms with Crippen molar-refractivity contribution in [2.75, 3.05) is 13.2 Å². The first-order valence-corrected chi connectivity index (χ1v) is 12.4. The van der Waals surface area contributed by atoms with Crippen LogP contribution in [0.15, 0.2) is 0 Å². The number of hydrogen-bond donors (Lipinski definition) is 0. The number of ether oxygens (including phenoxy) is 5. The lowest BCUT2D eigenvalue weighted by molar-refractivity contribution is -0.188. The molecule has 2 rings (SSSR count). The highest BCUT2D eigenvalue weighted by molar-refractivity contribution is 5.87. The Labute approximate surface area is 213 Å². The topological polar surface area (TPSA) is 132 Å². The summed E-state index contributed by atoms with van der Waals surface area (Å²) in [6, 6.07) is 0. The molecule has 0 aromatic carbocycles. The van der Waals surface area contributed by atoms with Crippen molar-refractivity contribution in [3.8, 4) is 0 Å². The molecule has 0 bridgehead atoms. The van der Waals surface area contributed by atoms with Gasteiger partial charge in [-0.1, -0.05) is 13.8 Å². The Balaban J connectivity index is 0.000000369. The van der Waals surface area contributed by atoms with Gasteiger partial charge in [0.25, 0.3) is 0 Å². The van der Waals surface area contributed by atoms with Crippen molar-refractivity contribution in [2.24, 2.45) is 10.8 Å². The molecule has 0 N–H and O–H groups in total. The Morgan fingerprint density at radius 2 is 1.44 bits per heavy atom. The molecular weight excluding hydrogens is 472 g/mol. The van der Waals surface area contributed by atoms with E-state index in [2.05, 4.69) is 0 Å². The molecule has 0 aromatic heterocycles. The van der Waals surface area contributed by atoms with Crippen molar-refractivity contribution in [3.05, 3.63) is 0 Å². The summed E-state index contributed by atoms with van der Waals surface area (Å²) < 4.78 is 25.3. The highest BCUT2D eigenvalue weighted by atomic mass is 16.6. The third kappa shape index (κ3) is 8.78. The predicted molar refractivity (Wildman–Crippen MR) is 128 cm³/mol. The summed E-state index contributed by atoms with van der Waals surface area (Å²) in [6.45, 7) is 16.2. The van der Waals surface area contributed by atoms with Crippen LogP contribution in [-0.4, -0.2) is 60.4 Å². The van der Waals surface area contributed by atoms with Gasteiger partial charge >= 0.3 is 29.8 Å². The van der Waals surface area contributed by atoms with Gasteiger partial charge in [0.1, 0.15) is 5.60 Å². The lowest BCUT2D eigenvalue weighted by atomic mass is 9.89. The van der Waals surface area contributed by atoms with Crippen LogP contribution in [0.3, 0.4) is 0 Å². The van der Waals surface area contributed by atoms with E-state index in [1.54, 1.807) is 20.8 Å². The second kappa shape index (κ2) is 12.1. The Morgan fingerprint density at radius 1 is 0.889 bits per heavy atom. The molecule has 10 heteroatoms. The molecule has 206 valence electrons. The zero-order valence-electron chi connectivity index (χ0n) is 23.1. The van der Waals surface area contributed by atoms with Gasteiger partial charge in [-0.25, -0.2) is 9.59 Å². The molecule has 2 unspecified atom stereocenters. The van der Waals surface area contributed by atoms with Gasteiger partial charge in [-0.15, -0.1) is 0 Å². The van der Waals surface area contributed by atoms with E-state index in [4.69, 9.17) is 23.7 Å². The fourth-order valence-electron chi connectivity index (χ4n) is 2.83. The number of carbonyl (C=O) groups is 5. The van der Waals surface area contributed by atoms with Crippen LogP contribution in [-0.2, 0) is 47.7 Å². The lowest BCUT2D eigenvalue weighted by Crippen LogP contribution is -2.44. The van der Waals surface area contributed by atoms with Gasteiger partial charge < -0.3 is 23.7 Å².